The molecule has 214 valence electrons. The maximum absolute atomic E-state index is 14.6. The molecule has 3 amide bonds. The molecule has 3 heterocycles. The van der Waals surface area contributed by atoms with Crippen molar-refractivity contribution in [2.45, 2.75) is 31.4 Å². The second-order valence-electron chi connectivity index (χ2n) is 9.38. The van der Waals surface area contributed by atoms with Crippen molar-refractivity contribution in [3.05, 3.63) is 76.6 Å². The molecule has 0 radical (unpaired) electrons. The van der Waals surface area contributed by atoms with Crippen molar-refractivity contribution in [1.29, 1.82) is 0 Å². The predicted molar refractivity (Wildman–Crippen MR) is 145 cm³/mol. The van der Waals surface area contributed by atoms with Gasteiger partial charge in [-0.2, -0.15) is 0 Å². The Morgan fingerprint density at radius 3 is 2.78 bits per heavy atom. The molecule has 5 rings (SSSR count). The summed E-state index contributed by atoms with van der Waals surface area (Å²) in [5.74, 6) is -1.81. The van der Waals surface area contributed by atoms with Crippen molar-refractivity contribution in [2.75, 3.05) is 30.9 Å². The van der Waals surface area contributed by atoms with E-state index in [1.807, 2.05) is 0 Å². The molecule has 2 N–H and O–H groups in total. The van der Waals surface area contributed by atoms with Crippen LogP contribution in [0.25, 0.3) is 11.1 Å². The summed E-state index contributed by atoms with van der Waals surface area (Å²) in [6, 6.07) is 10.00. The fraction of sp³-hybridized carbons (Fsp3) is 0.286. The van der Waals surface area contributed by atoms with Crippen molar-refractivity contribution in [3.8, 4) is 11.1 Å². The molecule has 3 aromatic rings. The Balaban J connectivity index is 1.46. The van der Waals surface area contributed by atoms with E-state index in [4.69, 9.17) is 21.1 Å². The second-order valence-corrected chi connectivity index (χ2v) is 9.78. The number of methoxy groups -OCH3 is 1. The van der Waals surface area contributed by atoms with Crippen LogP contribution in [0.1, 0.15) is 42.7 Å². The standard InChI is InChI=1S/C28H25ClF2N4O6/c1-39-26(36)33-16-4-5-17-15-8-10-32-21(13-15)22(3-2-12-40-27(37)34-20(17)14-16)35-11-9-23(41-28(35)38)24-19(30)7-6-18(29)25(24)31/h4-8,10,13-14,22-23H,2-3,9,11-12H2,1H3,(H,33,36)(H,34,37)/t22-,23+/m0/s1. The van der Waals surface area contributed by atoms with Crippen LogP contribution in [0.4, 0.5) is 34.5 Å². The van der Waals surface area contributed by atoms with E-state index in [1.54, 1.807) is 36.5 Å². The Bertz CT molecular complexity index is 1510. The third kappa shape index (κ3) is 6.02. The summed E-state index contributed by atoms with van der Waals surface area (Å²) in [7, 11) is 1.24. The summed E-state index contributed by atoms with van der Waals surface area (Å²) < 4.78 is 44.6. The van der Waals surface area contributed by atoms with Gasteiger partial charge in [0.25, 0.3) is 0 Å². The zero-order valence-corrected chi connectivity index (χ0v) is 22.5. The number of carbonyl (C=O) groups excluding carboxylic acids is 3. The van der Waals surface area contributed by atoms with Gasteiger partial charge in [0.2, 0.25) is 0 Å². The number of amides is 3. The smallest absolute Gasteiger partial charge is 0.411 e. The number of pyridine rings is 1. The highest BCUT2D eigenvalue weighted by atomic mass is 35.5. The number of ether oxygens (including phenoxy) is 3. The maximum Gasteiger partial charge on any atom is 0.411 e. The highest BCUT2D eigenvalue weighted by molar-refractivity contribution is 6.30. The van der Waals surface area contributed by atoms with Crippen molar-refractivity contribution in [2.24, 2.45) is 0 Å². The number of rotatable bonds is 3. The van der Waals surface area contributed by atoms with Crippen LogP contribution in [0.3, 0.4) is 0 Å². The number of hydrogen-bond acceptors (Lipinski definition) is 7. The summed E-state index contributed by atoms with van der Waals surface area (Å²) in [6.45, 7) is 0.174. The van der Waals surface area contributed by atoms with Crippen LogP contribution in [0.2, 0.25) is 5.02 Å². The fourth-order valence-electron chi connectivity index (χ4n) is 4.92. The van der Waals surface area contributed by atoms with Gasteiger partial charge in [-0.05, 0) is 54.8 Å². The molecule has 0 aliphatic carbocycles. The number of carbonyl (C=O) groups is 3. The molecule has 0 unspecified atom stereocenters. The number of cyclic esters (lactones) is 2. The first-order chi connectivity index (χ1) is 19.7. The van der Waals surface area contributed by atoms with Gasteiger partial charge < -0.3 is 14.2 Å². The van der Waals surface area contributed by atoms with Crippen LogP contribution in [0.15, 0.2) is 48.7 Å². The van der Waals surface area contributed by atoms with E-state index >= 15 is 0 Å². The topological polar surface area (TPSA) is 119 Å². The molecule has 2 aromatic carbocycles. The Morgan fingerprint density at radius 2 is 2.00 bits per heavy atom. The fourth-order valence-corrected chi connectivity index (χ4v) is 5.08. The predicted octanol–water partition coefficient (Wildman–Crippen LogP) is 6.83. The second kappa shape index (κ2) is 12.0. The third-order valence-corrected chi connectivity index (χ3v) is 7.16. The first-order valence-corrected chi connectivity index (χ1v) is 13.1. The zero-order valence-electron chi connectivity index (χ0n) is 21.8. The lowest BCUT2D eigenvalue weighted by Crippen LogP contribution is -2.42. The van der Waals surface area contributed by atoms with Gasteiger partial charge in [0.15, 0.2) is 5.82 Å². The Labute approximate surface area is 238 Å². The SMILES string of the molecule is COC(=O)Nc1ccc2c(c1)NC(=O)OCCC[C@H](N1CC[C@H](c3c(F)ccc(Cl)c3F)OC1=O)c1cc-2ccn1. The van der Waals surface area contributed by atoms with Crippen molar-refractivity contribution >= 4 is 41.3 Å². The zero-order chi connectivity index (χ0) is 29.1. The van der Waals surface area contributed by atoms with Crippen LogP contribution >= 0.6 is 11.6 Å². The summed E-state index contributed by atoms with van der Waals surface area (Å²) >= 11 is 5.84. The number of fused-ring (bicyclic) bond motifs is 4. The van der Waals surface area contributed by atoms with E-state index in [1.165, 1.54) is 12.0 Å². The molecule has 2 aliphatic rings. The first-order valence-electron chi connectivity index (χ1n) is 12.7. The Morgan fingerprint density at radius 1 is 1.17 bits per heavy atom. The molecule has 1 saturated heterocycles. The van der Waals surface area contributed by atoms with Gasteiger partial charge in [0.1, 0.15) is 11.9 Å². The quantitative estimate of drug-likeness (QED) is 0.255. The van der Waals surface area contributed by atoms with Crippen LogP contribution in [-0.2, 0) is 14.2 Å². The molecular weight excluding hydrogens is 562 g/mol. The molecular formula is C28H25ClF2N4O6. The van der Waals surface area contributed by atoms with E-state index in [0.717, 1.165) is 12.1 Å². The van der Waals surface area contributed by atoms with E-state index in [2.05, 4.69) is 20.4 Å². The molecule has 2 atom stereocenters. The van der Waals surface area contributed by atoms with Crippen LogP contribution in [-0.4, -0.2) is 48.4 Å². The van der Waals surface area contributed by atoms with Gasteiger partial charge in [0, 0.05) is 30.4 Å². The third-order valence-electron chi connectivity index (χ3n) is 6.86. The summed E-state index contributed by atoms with van der Waals surface area (Å²) in [6.07, 6.45) is -0.820. The van der Waals surface area contributed by atoms with Gasteiger partial charge >= 0.3 is 18.3 Å². The number of nitrogens with one attached hydrogen (secondary N) is 2. The van der Waals surface area contributed by atoms with Crippen LogP contribution < -0.4 is 10.6 Å². The normalized spacial score (nSPS) is 19.0. The van der Waals surface area contributed by atoms with Gasteiger partial charge in [-0.25, -0.2) is 23.2 Å². The summed E-state index contributed by atoms with van der Waals surface area (Å²) in [5.41, 5.74) is 2.19. The maximum atomic E-state index is 14.6. The van der Waals surface area contributed by atoms with Gasteiger partial charge in [-0.3, -0.25) is 20.5 Å². The highest BCUT2D eigenvalue weighted by Crippen LogP contribution is 2.38. The monoisotopic (exact) mass is 586 g/mol. The molecule has 41 heavy (non-hydrogen) atoms. The lowest BCUT2D eigenvalue weighted by atomic mass is 9.98. The Kier molecular flexibility index (Phi) is 8.20. The molecule has 13 heteroatoms. The van der Waals surface area contributed by atoms with E-state index < -0.39 is 42.1 Å². The molecule has 2 bridgehead atoms. The average molecular weight is 587 g/mol. The van der Waals surface area contributed by atoms with E-state index in [-0.39, 0.29) is 30.2 Å². The van der Waals surface area contributed by atoms with Gasteiger partial charge in [-0.15, -0.1) is 0 Å². The van der Waals surface area contributed by atoms with Crippen LogP contribution in [0.5, 0.6) is 0 Å². The highest BCUT2D eigenvalue weighted by Gasteiger charge is 2.37. The van der Waals surface area contributed by atoms with Gasteiger partial charge in [0.05, 0.1) is 41.7 Å². The molecule has 0 spiro atoms. The minimum absolute atomic E-state index is 0.0436. The summed E-state index contributed by atoms with van der Waals surface area (Å²) in [5, 5.41) is 4.99. The average Bonchev–Trinajstić information content (AvgIpc) is 2.95. The number of benzene rings is 2. The minimum atomic E-state index is -1.14. The number of anilines is 2. The molecule has 2 aliphatic heterocycles. The molecule has 1 fully saturated rings. The number of aromatic nitrogens is 1. The first kappa shape index (κ1) is 28.1. The van der Waals surface area contributed by atoms with E-state index in [0.29, 0.717) is 41.0 Å². The largest absolute Gasteiger partial charge is 0.453 e. The number of nitrogens with zero attached hydrogens (tertiary/aromatic N) is 2. The molecule has 0 saturated carbocycles. The number of hydrogen-bond donors (Lipinski definition) is 2. The molecule has 1 aromatic heterocycles. The van der Waals surface area contributed by atoms with Crippen molar-refractivity contribution in [3.63, 3.8) is 0 Å². The lowest BCUT2D eigenvalue weighted by molar-refractivity contribution is 0.00426. The summed E-state index contributed by atoms with van der Waals surface area (Å²) in [4.78, 5) is 43.4. The van der Waals surface area contributed by atoms with Gasteiger partial charge in [-0.1, -0.05) is 17.7 Å². The van der Waals surface area contributed by atoms with Crippen LogP contribution in [0, 0.1) is 11.6 Å². The minimum Gasteiger partial charge on any atom is -0.453 e. The van der Waals surface area contributed by atoms with E-state index in [9.17, 15) is 23.2 Å². The number of halogens is 3. The molecule has 10 nitrogen and oxygen atoms in total. The van der Waals surface area contributed by atoms with Crippen molar-refractivity contribution in [1.82, 2.24) is 9.88 Å². The van der Waals surface area contributed by atoms with Crippen molar-refractivity contribution < 1.29 is 37.4 Å². The Hall–Kier alpha value is -4.45. The lowest BCUT2D eigenvalue weighted by Gasteiger charge is -2.37.